The fourth-order valence-corrected chi connectivity index (χ4v) is 2.39. The van der Waals surface area contributed by atoms with Gasteiger partial charge in [0.2, 0.25) is 0 Å². The third-order valence-electron chi connectivity index (χ3n) is 3.79. The Kier molecular flexibility index (Phi) is 4.21. The molecule has 1 atom stereocenters. The summed E-state index contributed by atoms with van der Waals surface area (Å²) in [5, 5.41) is 13.2. The molecule has 112 valence electrons. The van der Waals surface area contributed by atoms with Crippen LogP contribution >= 0.6 is 0 Å². The van der Waals surface area contributed by atoms with Crippen molar-refractivity contribution < 1.29 is 5.11 Å². The SMILES string of the molecule is C[C@H](NCc1ccccc1O)c1ccc(-n2ccnc2)cc1. The summed E-state index contributed by atoms with van der Waals surface area (Å²) >= 11 is 0. The van der Waals surface area contributed by atoms with Gasteiger partial charge in [-0.05, 0) is 30.7 Å². The molecule has 0 bridgehead atoms. The van der Waals surface area contributed by atoms with Crippen LogP contribution < -0.4 is 5.32 Å². The zero-order valence-corrected chi connectivity index (χ0v) is 12.5. The van der Waals surface area contributed by atoms with E-state index >= 15 is 0 Å². The highest BCUT2D eigenvalue weighted by Gasteiger charge is 2.07. The van der Waals surface area contributed by atoms with Gasteiger partial charge in [-0.3, -0.25) is 0 Å². The number of para-hydroxylation sites is 1. The fraction of sp³-hybridized carbons (Fsp3) is 0.167. The highest BCUT2D eigenvalue weighted by molar-refractivity contribution is 5.36. The van der Waals surface area contributed by atoms with Crippen molar-refractivity contribution in [3.8, 4) is 11.4 Å². The molecule has 0 radical (unpaired) electrons. The first-order chi connectivity index (χ1) is 10.7. The number of aromatic hydroxyl groups is 1. The number of benzene rings is 2. The van der Waals surface area contributed by atoms with Crippen molar-refractivity contribution in [2.24, 2.45) is 0 Å². The van der Waals surface area contributed by atoms with Crippen molar-refractivity contribution in [2.45, 2.75) is 19.5 Å². The van der Waals surface area contributed by atoms with Gasteiger partial charge < -0.3 is 15.0 Å². The van der Waals surface area contributed by atoms with Crippen LogP contribution in [0.1, 0.15) is 24.1 Å². The van der Waals surface area contributed by atoms with E-state index in [0.717, 1.165) is 11.3 Å². The zero-order chi connectivity index (χ0) is 15.4. The molecule has 0 aliphatic heterocycles. The van der Waals surface area contributed by atoms with E-state index in [4.69, 9.17) is 0 Å². The van der Waals surface area contributed by atoms with E-state index in [1.165, 1.54) is 5.56 Å². The van der Waals surface area contributed by atoms with E-state index in [0.29, 0.717) is 12.3 Å². The smallest absolute Gasteiger partial charge is 0.120 e. The second-order valence-electron chi connectivity index (χ2n) is 5.29. The lowest BCUT2D eigenvalue weighted by molar-refractivity contribution is 0.460. The van der Waals surface area contributed by atoms with Crippen molar-refractivity contribution in [1.29, 1.82) is 0 Å². The molecular weight excluding hydrogens is 274 g/mol. The average molecular weight is 293 g/mol. The molecule has 0 saturated heterocycles. The minimum Gasteiger partial charge on any atom is -0.508 e. The van der Waals surface area contributed by atoms with Crippen molar-refractivity contribution in [1.82, 2.24) is 14.9 Å². The summed E-state index contributed by atoms with van der Waals surface area (Å²) in [6, 6.07) is 16.0. The maximum Gasteiger partial charge on any atom is 0.120 e. The first-order valence-corrected chi connectivity index (χ1v) is 7.32. The third-order valence-corrected chi connectivity index (χ3v) is 3.79. The molecule has 0 aliphatic rings. The number of nitrogens with zero attached hydrogens (tertiary/aromatic N) is 2. The summed E-state index contributed by atoms with van der Waals surface area (Å²) in [6.07, 6.45) is 5.48. The zero-order valence-electron chi connectivity index (χ0n) is 12.5. The molecule has 4 nitrogen and oxygen atoms in total. The van der Waals surface area contributed by atoms with Crippen LogP contribution in [0.5, 0.6) is 5.75 Å². The van der Waals surface area contributed by atoms with Gasteiger partial charge in [-0.1, -0.05) is 30.3 Å². The van der Waals surface area contributed by atoms with Crippen LogP contribution in [0.15, 0.2) is 67.3 Å². The number of aromatic nitrogens is 2. The van der Waals surface area contributed by atoms with E-state index in [-0.39, 0.29) is 6.04 Å². The number of phenolic OH excluding ortho intramolecular Hbond substituents is 1. The van der Waals surface area contributed by atoms with E-state index in [1.54, 1.807) is 18.6 Å². The lowest BCUT2D eigenvalue weighted by Crippen LogP contribution is -2.18. The topological polar surface area (TPSA) is 50.1 Å². The lowest BCUT2D eigenvalue weighted by atomic mass is 10.1. The summed E-state index contributed by atoms with van der Waals surface area (Å²) in [7, 11) is 0. The van der Waals surface area contributed by atoms with Crippen molar-refractivity contribution in [3.63, 3.8) is 0 Å². The number of nitrogens with one attached hydrogen (secondary N) is 1. The molecule has 3 rings (SSSR count). The molecule has 0 fully saturated rings. The summed E-state index contributed by atoms with van der Waals surface area (Å²) < 4.78 is 1.98. The van der Waals surface area contributed by atoms with Gasteiger partial charge in [-0.25, -0.2) is 4.98 Å². The average Bonchev–Trinajstić information content (AvgIpc) is 3.08. The normalized spacial score (nSPS) is 12.2. The number of phenols is 1. The van der Waals surface area contributed by atoms with Crippen LogP contribution in [0.4, 0.5) is 0 Å². The van der Waals surface area contributed by atoms with Gasteiger partial charge >= 0.3 is 0 Å². The molecule has 1 aromatic heterocycles. The van der Waals surface area contributed by atoms with Crippen LogP contribution in [-0.2, 0) is 6.54 Å². The van der Waals surface area contributed by atoms with Crippen LogP contribution in [0.25, 0.3) is 5.69 Å². The number of hydrogen-bond donors (Lipinski definition) is 2. The Balaban J connectivity index is 1.65. The van der Waals surface area contributed by atoms with Crippen molar-refractivity contribution in [2.75, 3.05) is 0 Å². The molecule has 0 amide bonds. The minimum atomic E-state index is 0.205. The third kappa shape index (κ3) is 3.18. The van der Waals surface area contributed by atoms with E-state index in [2.05, 4.69) is 41.5 Å². The lowest BCUT2D eigenvalue weighted by Gasteiger charge is -2.15. The highest BCUT2D eigenvalue weighted by atomic mass is 16.3. The maximum atomic E-state index is 9.79. The Morgan fingerprint density at radius 1 is 1.14 bits per heavy atom. The quantitative estimate of drug-likeness (QED) is 0.757. The largest absolute Gasteiger partial charge is 0.508 e. The van der Waals surface area contributed by atoms with E-state index in [9.17, 15) is 5.11 Å². The van der Waals surface area contributed by atoms with Crippen molar-refractivity contribution >= 4 is 0 Å². The Bertz CT molecular complexity index is 720. The second kappa shape index (κ2) is 6.45. The Morgan fingerprint density at radius 3 is 2.59 bits per heavy atom. The molecule has 22 heavy (non-hydrogen) atoms. The molecule has 0 unspecified atom stereocenters. The van der Waals surface area contributed by atoms with Crippen LogP contribution in [0, 0.1) is 0 Å². The Hall–Kier alpha value is -2.59. The van der Waals surface area contributed by atoms with Crippen LogP contribution in [0.2, 0.25) is 0 Å². The predicted molar refractivity (Wildman–Crippen MR) is 86.9 cm³/mol. The molecule has 3 aromatic rings. The number of hydrogen-bond acceptors (Lipinski definition) is 3. The molecule has 0 aliphatic carbocycles. The second-order valence-corrected chi connectivity index (χ2v) is 5.29. The van der Waals surface area contributed by atoms with Gasteiger partial charge in [0, 0.05) is 36.2 Å². The minimum absolute atomic E-state index is 0.205. The van der Waals surface area contributed by atoms with Crippen LogP contribution in [-0.4, -0.2) is 14.7 Å². The number of imidazole rings is 1. The van der Waals surface area contributed by atoms with Gasteiger partial charge in [0.1, 0.15) is 5.75 Å². The Morgan fingerprint density at radius 2 is 1.91 bits per heavy atom. The summed E-state index contributed by atoms with van der Waals surface area (Å²) in [5.41, 5.74) is 3.21. The molecular formula is C18H19N3O. The fourth-order valence-electron chi connectivity index (χ4n) is 2.39. The molecule has 2 N–H and O–H groups in total. The molecule has 2 aromatic carbocycles. The van der Waals surface area contributed by atoms with E-state index in [1.807, 2.05) is 29.0 Å². The Labute approximate surface area is 130 Å². The molecule has 4 heteroatoms. The van der Waals surface area contributed by atoms with Crippen LogP contribution in [0.3, 0.4) is 0 Å². The van der Waals surface area contributed by atoms with Gasteiger partial charge in [-0.2, -0.15) is 0 Å². The maximum absolute atomic E-state index is 9.79. The monoisotopic (exact) mass is 293 g/mol. The first kappa shape index (κ1) is 14.4. The van der Waals surface area contributed by atoms with Crippen molar-refractivity contribution in [3.05, 3.63) is 78.4 Å². The number of rotatable bonds is 5. The van der Waals surface area contributed by atoms with Gasteiger partial charge in [0.25, 0.3) is 0 Å². The highest BCUT2D eigenvalue weighted by Crippen LogP contribution is 2.19. The van der Waals surface area contributed by atoms with Gasteiger partial charge in [0.05, 0.1) is 6.33 Å². The summed E-state index contributed by atoms with van der Waals surface area (Å²) in [6.45, 7) is 2.75. The predicted octanol–water partition coefficient (Wildman–Crippen LogP) is 3.43. The molecule has 0 saturated carbocycles. The summed E-state index contributed by atoms with van der Waals surface area (Å²) in [4.78, 5) is 4.05. The molecule has 1 heterocycles. The molecule has 0 spiro atoms. The standard InChI is InChI=1S/C18H19N3O/c1-14(20-12-16-4-2-3-5-18(16)22)15-6-8-17(9-7-15)21-11-10-19-13-21/h2-11,13-14,20,22H,12H2,1H3/t14-/m0/s1. The van der Waals surface area contributed by atoms with Gasteiger partial charge in [0.15, 0.2) is 0 Å². The summed E-state index contributed by atoms with van der Waals surface area (Å²) in [5.74, 6) is 0.331. The first-order valence-electron chi connectivity index (χ1n) is 7.32. The van der Waals surface area contributed by atoms with Gasteiger partial charge in [-0.15, -0.1) is 0 Å². The van der Waals surface area contributed by atoms with E-state index < -0.39 is 0 Å².